The summed E-state index contributed by atoms with van der Waals surface area (Å²) in [6.07, 6.45) is -4.40. The van der Waals surface area contributed by atoms with Crippen molar-refractivity contribution in [3.05, 3.63) is 28.2 Å². The highest BCUT2D eigenvalue weighted by Gasteiger charge is 2.33. The van der Waals surface area contributed by atoms with E-state index >= 15 is 0 Å². The molecule has 0 fully saturated rings. The summed E-state index contributed by atoms with van der Waals surface area (Å²) in [6.45, 7) is 3.65. The molecule has 1 heterocycles. The van der Waals surface area contributed by atoms with Gasteiger partial charge in [-0.1, -0.05) is 13.8 Å². The van der Waals surface area contributed by atoms with Crippen LogP contribution in [0.3, 0.4) is 0 Å². The monoisotopic (exact) mass is 276 g/mol. The number of alkyl halides is 3. The molecule has 1 aromatic heterocycles. The molecule has 0 spiro atoms. The van der Waals surface area contributed by atoms with Crippen LogP contribution in [0.4, 0.5) is 18.9 Å². The normalized spacial score (nSPS) is 11.7. The van der Waals surface area contributed by atoms with E-state index in [2.05, 4.69) is 5.32 Å². The number of hydrogen-bond acceptors (Lipinski definition) is 2. The van der Waals surface area contributed by atoms with Crippen LogP contribution in [0.1, 0.15) is 26.0 Å². The van der Waals surface area contributed by atoms with Crippen LogP contribution in [0, 0.1) is 5.92 Å². The van der Waals surface area contributed by atoms with Crippen LogP contribution in [-0.2, 0) is 18.0 Å². The molecule has 0 saturated heterocycles. The Morgan fingerprint density at radius 3 is 2.42 bits per heavy atom. The third-order valence-corrected chi connectivity index (χ3v) is 2.46. The maximum Gasteiger partial charge on any atom is 0.431 e. The van der Waals surface area contributed by atoms with Crippen LogP contribution in [0.5, 0.6) is 0 Å². The average molecular weight is 276 g/mol. The molecule has 0 unspecified atom stereocenters. The second-order valence-corrected chi connectivity index (χ2v) is 4.64. The van der Waals surface area contributed by atoms with Gasteiger partial charge >= 0.3 is 6.18 Å². The minimum atomic E-state index is -4.60. The molecule has 0 radical (unpaired) electrons. The summed E-state index contributed by atoms with van der Waals surface area (Å²) in [4.78, 5) is 23.2. The van der Waals surface area contributed by atoms with Crippen molar-refractivity contribution in [2.75, 3.05) is 5.32 Å². The van der Waals surface area contributed by atoms with Crippen molar-refractivity contribution in [2.24, 2.45) is 13.0 Å². The minimum absolute atomic E-state index is 0.0956. The molecule has 0 atom stereocenters. The molecular weight excluding hydrogens is 261 g/mol. The molecule has 1 N–H and O–H groups in total. The summed E-state index contributed by atoms with van der Waals surface area (Å²) < 4.78 is 38.1. The summed E-state index contributed by atoms with van der Waals surface area (Å²) in [6, 6.07) is 1.75. The zero-order valence-electron chi connectivity index (χ0n) is 10.8. The second-order valence-electron chi connectivity index (χ2n) is 4.64. The number of anilines is 1. The Hall–Kier alpha value is -1.79. The molecule has 7 heteroatoms. The highest BCUT2D eigenvalue weighted by atomic mass is 19.4. The van der Waals surface area contributed by atoms with E-state index < -0.39 is 23.3 Å². The van der Waals surface area contributed by atoms with E-state index in [0.717, 1.165) is 19.2 Å². The van der Waals surface area contributed by atoms with Gasteiger partial charge in [-0.3, -0.25) is 9.59 Å². The molecule has 0 aliphatic rings. The first-order chi connectivity index (χ1) is 8.62. The topological polar surface area (TPSA) is 51.1 Å². The first-order valence-electron chi connectivity index (χ1n) is 5.70. The molecule has 106 valence electrons. The molecule has 0 aromatic carbocycles. The minimum Gasteiger partial charge on any atom is -0.321 e. The maximum absolute atomic E-state index is 12.5. The standard InChI is InChI=1S/C12H15F3N2O2/c1-7(2)6-10(18)16-8-4-5-9(12(13,14)15)17(3)11(8)19/h4-5,7H,6H2,1-3H3,(H,16,18). The molecule has 19 heavy (non-hydrogen) atoms. The number of aromatic nitrogens is 1. The molecule has 4 nitrogen and oxygen atoms in total. The third-order valence-electron chi connectivity index (χ3n) is 2.46. The quantitative estimate of drug-likeness (QED) is 0.921. The van der Waals surface area contributed by atoms with Crippen molar-refractivity contribution in [1.82, 2.24) is 4.57 Å². The average Bonchev–Trinajstić information content (AvgIpc) is 2.21. The lowest BCUT2D eigenvalue weighted by Gasteiger charge is -2.13. The lowest BCUT2D eigenvalue weighted by Crippen LogP contribution is -2.29. The van der Waals surface area contributed by atoms with E-state index in [0.29, 0.717) is 4.57 Å². The van der Waals surface area contributed by atoms with E-state index in [1.807, 2.05) is 13.8 Å². The summed E-state index contributed by atoms with van der Waals surface area (Å²) in [5, 5.41) is 2.32. The van der Waals surface area contributed by atoms with Gasteiger partial charge in [0.25, 0.3) is 5.56 Å². The van der Waals surface area contributed by atoms with E-state index in [9.17, 15) is 22.8 Å². The fourth-order valence-electron chi connectivity index (χ4n) is 1.59. The van der Waals surface area contributed by atoms with E-state index in [4.69, 9.17) is 0 Å². The third kappa shape index (κ3) is 3.84. The largest absolute Gasteiger partial charge is 0.431 e. The molecule has 0 aliphatic carbocycles. The van der Waals surface area contributed by atoms with E-state index in [1.165, 1.54) is 0 Å². The van der Waals surface area contributed by atoms with Crippen molar-refractivity contribution >= 4 is 11.6 Å². The first kappa shape index (κ1) is 15.3. The zero-order valence-corrected chi connectivity index (χ0v) is 10.8. The highest BCUT2D eigenvalue weighted by Crippen LogP contribution is 2.28. The van der Waals surface area contributed by atoms with Gasteiger partial charge in [-0.15, -0.1) is 0 Å². The van der Waals surface area contributed by atoms with Crippen LogP contribution in [0.15, 0.2) is 16.9 Å². The summed E-state index contributed by atoms with van der Waals surface area (Å²) >= 11 is 0. The molecule has 1 rings (SSSR count). The lowest BCUT2D eigenvalue weighted by atomic mass is 10.1. The van der Waals surface area contributed by atoms with E-state index in [1.54, 1.807) is 0 Å². The Balaban J connectivity index is 3.04. The first-order valence-corrected chi connectivity index (χ1v) is 5.70. The van der Waals surface area contributed by atoms with Crippen molar-refractivity contribution in [3.8, 4) is 0 Å². The van der Waals surface area contributed by atoms with Gasteiger partial charge in [0.1, 0.15) is 11.4 Å². The number of carbonyl (C=O) groups is 1. The summed E-state index contributed by atoms with van der Waals surface area (Å²) in [5.41, 5.74) is -2.09. The predicted molar refractivity (Wildman–Crippen MR) is 64.8 cm³/mol. The van der Waals surface area contributed by atoms with Gasteiger partial charge in [-0.2, -0.15) is 13.2 Å². The van der Waals surface area contributed by atoms with Crippen LogP contribution < -0.4 is 10.9 Å². The summed E-state index contributed by atoms with van der Waals surface area (Å²) in [7, 11) is 1.02. The van der Waals surface area contributed by atoms with Gasteiger partial charge in [-0.05, 0) is 18.1 Å². The lowest BCUT2D eigenvalue weighted by molar-refractivity contribution is -0.143. The highest BCUT2D eigenvalue weighted by molar-refractivity contribution is 5.90. The fraction of sp³-hybridized carbons (Fsp3) is 0.500. The van der Waals surface area contributed by atoms with Gasteiger partial charge in [0.05, 0.1) is 0 Å². The molecule has 0 bridgehead atoms. The fourth-order valence-corrected chi connectivity index (χ4v) is 1.59. The number of pyridine rings is 1. The van der Waals surface area contributed by atoms with Gasteiger partial charge in [0.15, 0.2) is 0 Å². The van der Waals surface area contributed by atoms with Crippen molar-refractivity contribution in [1.29, 1.82) is 0 Å². The number of hydrogen-bond donors (Lipinski definition) is 1. The SMILES string of the molecule is CC(C)CC(=O)Nc1ccc(C(F)(F)F)n(C)c1=O. The van der Waals surface area contributed by atoms with Crippen molar-refractivity contribution in [2.45, 2.75) is 26.4 Å². The Morgan fingerprint density at radius 2 is 1.95 bits per heavy atom. The summed E-state index contributed by atoms with van der Waals surface area (Å²) in [5.74, 6) is -0.301. The molecule has 1 amide bonds. The maximum atomic E-state index is 12.5. The number of halogens is 3. The number of nitrogens with one attached hydrogen (secondary N) is 1. The number of nitrogens with zero attached hydrogens (tertiary/aromatic N) is 1. The Morgan fingerprint density at radius 1 is 1.37 bits per heavy atom. The second kappa shape index (κ2) is 5.46. The van der Waals surface area contributed by atoms with Crippen LogP contribution in [0.2, 0.25) is 0 Å². The molecular formula is C12H15F3N2O2. The predicted octanol–water partition coefficient (Wildman–Crippen LogP) is 2.39. The molecule has 0 saturated carbocycles. The van der Waals surface area contributed by atoms with Gasteiger partial charge in [-0.25, -0.2) is 0 Å². The van der Waals surface area contributed by atoms with Crippen LogP contribution in [0.25, 0.3) is 0 Å². The van der Waals surface area contributed by atoms with Gasteiger partial charge < -0.3 is 9.88 Å². The van der Waals surface area contributed by atoms with Gasteiger partial charge in [0, 0.05) is 13.5 Å². The smallest absolute Gasteiger partial charge is 0.321 e. The molecule has 1 aromatic rings. The van der Waals surface area contributed by atoms with Crippen molar-refractivity contribution < 1.29 is 18.0 Å². The van der Waals surface area contributed by atoms with E-state index in [-0.39, 0.29) is 18.0 Å². The zero-order chi connectivity index (χ0) is 14.8. The number of amides is 1. The Kier molecular flexibility index (Phi) is 4.39. The van der Waals surface area contributed by atoms with Crippen LogP contribution >= 0.6 is 0 Å². The van der Waals surface area contributed by atoms with Gasteiger partial charge in [0.2, 0.25) is 5.91 Å². The van der Waals surface area contributed by atoms with Crippen LogP contribution in [-0.4, -0.2) is 10.5 Å². The Labute approximate surface area is 108 Å². The Bertz CT molecular complexity index is 533. The van der Waals surface area contributed by atoms with Crippen molar-refractivity contribution in [3.63, 3.8) is 0 Å². The number of rotatable bonds is 3. The molecule has 0 aliphatic heterocycles. The number of carbonyl (C=O) groups excluding carboxylic acids is 1.